The number of hydrogen-bond acceptors (Lipinski definition) is 2. The third-order valence-corrected chi connectivity index (χ3v) is 1.82. The van der Waals surface area contributed by atoms with Crippen molar-refractivity contribution in [3.63, 3.8) is 0 Å². The summed E-state index contributed by atoms with van der Waals surface area (Å²) in [6.45, 7) is -0.199. The van der Waals surface area contributed by atoms with Crippen molar-refractivity contribution in [1.29, 1.82) is 0 Å². The Morgan fingerprint density at radius 1 is 1.22 bits per heavy atom. The number of rotatable bonds is 4. The SMILES string of the molecule is O=C(NCc1ccc(OC(F)(F)F)cc1)C(F)F. The normalized spacial score (nSPS) is 11.4. The van der Waals surface area contributed by atoms with Crippen molar-refractivity contribution < 1.29 is 31.5 Å². The second-order valence-corrected chi connectivity index (χ2v) is 3.21. The molecule has 1 rings (SSSR count). The van der Waals surface area contributed by atoms with E-state index in [2.05, 4.69) is 4.74 Å². The van der Waals surface area contributed by atoms with E-state index < -0.39 is 24.4 Å². The second kappa shape index (κ2) is 5.65. The molecule has 100 valence electrons. The largest absolute Gasteiger partial charge is 0.573 e. The van der Waals surface area contributed by atoms with Crippen LogP contribution in [0.15, 0.2) is 24.3 Å². The van der Waals surface area contributed by atoms with Gasteiger partial charge in [-0.25, -0.2) is 0 Å². The number of carbonyl (C=O) groups is 1. The number of ether oxygens (including phenoxy) is 1. The monoisotopic (exact) mass is 269 g/mol. The molecule has 8 heteroatoms. The van der Waals surface area contributed by atoms with Gasteiger partial charge in [-0.2, -0.15) is 8.78 Å². The lowest BCUT2D eigenvalue weighted by Gasteiger charge is -2.09. The number of halogens is 5. The van der Waals surface area contributed by atoms with E-state index >= 15 is 0 Å². The first kappa shape index (κ1) is 14.2. The lowest BCUT2D eigenvalue weighted by molar-refractivity contribution is -0.274. The van der Waals surface area contributed by atoms with Crippen LogP contribution < -0.4 is 10.1 Å². The summed E-state index contributed by atoms with van der Waals surface area (Å²) in [6.07, 6.45) is -7.91. The molecular weight excluding hydrogens is 261 g/mol. The third-order valence-electron chi connectivity index (χ3n) is 1.82. The Kier molecular flexibility index (Phi) is 4.46. The molecule has 0 bridgehead atoms. The maximum atomic E-state index is 11.8. The Morgan fingerprint density at radius 3 is 2.22 bits per heavy atom. The quantitative estimate of drug-likeness (QED) is 0.853. The fraction of sp³-hybridized carbons (Fsp3) is 0.300. The Morgan fingerprint density at radius 2 is 1.78 bits per heavy atom. The lowest BCUT2D eigenvalue weighted by atomic mass is 10.2. The van der Waals surface area contributed by atoms with E-state index in [4.69, 9.17) is 0 Å². The molecule has 0 radical (unpaired) electrons. The molecule has 1 N–H and O–H groups in total. The van der Waals surface area contributed by atoms with E-state index in [1.165, 1.54) is 12.1 Å². The summed E-state index contributed by atoms with van der Waals surface area (Å²) >= 11 is 0. The van der Waals surface area contributed by atoms with Gasteiger partial charge >= 0.3 is 12.8 Å². The van der Waals surface area contributed by atoms with Crippen LogP contribution in [0.5, 0.6) is 5.75 Å². The van der Waals surface area contributed by atoms with Gasteiger partial charge < -0.3 is 10.1 Å². The molecule has 0 aromatic heterocycles. The minimum atomic E-state index is -4.79. The second-order valence-electron chi connectivity index (χ2n) is 3.21. The van der Waals surface area contributed by atoms with Crippen molar-refractivity contribution in [2.24, 2.45) is 0 Å². The number of benzene rings is 1. The van der Waals surface area contributed by atoms with Crippen molar-refractivity contribution in [3.05, 3.63) is 29.8 Å². The van der Waals surface area contributed by atoms with Gasteiger partial charge in [-0.15, -0.1) is 13.2 Å². The summed E-state index contributed by atoms with van der Waals surface area (Å²) in [7, 11) is 0. The molecule has 3 nitrogen and oxygen atoms in total. The highest BCUT2D eigenvalue weighted by molar-refractivity contribution is 5.79. The van der Waals surface area contributed by atoms with Gasteiger partial charge in [0.2, 0.25) is 0 Å². The summed E-state index contributed by atoms with van der Waals surface area (Å²) in [6, 6.07) is 4.51. The maximum Gasteiger partial charge on any atom is 0.573 e. The molecule has 1 aromatic rings. The highest BCUT2D eigenvalue weighted by atomic mass is 19.4. The predicted molar refractivity (Wildman–Crippen MR) is 51.0 cm³/mol. The number of carbonyl (C=O) groups excluding carboxylic acids is 1. The minimum Gasteiger partial charge on any atom is -0.406 e. The summed E-state index contributed by atoms with van der Waals surface area (Å²) in [5.74, 6) is -1.86. The van der Waals surface area contributed by atoms with Gasteiger partial charge in [0.1, 0.15) is 5.75 Å². The minimum absolute atomic E-state index is 0.199. The van der Waals surface area contributed by atoms with Gasteiger partial charge in [0.05, 0.1) is 0 Å². The van der Waals surface area contributed by atoms with Crippen molar-refractivity contribution in [2.45, 2.75) is 19.3 Å². The fourth-order valence-corrected chi connectivity index (χ4v) is 1.08. The molecule has 0 aliphatic rings. The van der Waals surface area contributed by atoms with Crippen LogP contribution in [0.3, 0.4) is 0 Å². The first-order valence-electron chi connectivity index (χ1n) is 4.68. The fourth-order valence-electron chi connectivity index (χ4n) is 1.08. The van der Waals surface area contributed by atoms with Crippen LogP contribution in [-0.2, 0) is 11.3 Å². The summed E-state index contributed by atoms with van der Waals surface area (Å²) in [5.41, 5.74) is 0.374. The number of hydrogen-bond donors (Lipinski definition) is 1. The average molecular weight is 269 g/mol. The Bertz CT molecular complexity index is 402. The molecule has 0 heterocycles. The summed E-state index contributed by atoms with van der Waals surface area (Å²) in [4.78, 5) is 10.5. The molecule has 1 aromatic carbocycles. The molecule has 0 spiro atoms. The standard InChI is InChI=1S/C10H8F5NO2/c11-8(12)9(17)16-5-6-1-3-7(4-2-6)18-10(13,14)15/h1-4,8H,5H2,(H,16,17). The molecule has 0 saturated heterocycles. The number of amides is 1. The van der Waals surface area contributed by atoms with E-state index in [0.29, 0.717) is 5.56 Å². The van der Waals surface area contributed by atoms with Crippen LogP contribution in [0.4, 0.5) is 22.0 Å². The third kappa shape index (κ3) is 4.98. The van der Waals surface area contributed by atoms with Crippen molar-refractivity contribution in [1.82, 2.24) is 5.32 Å². The summed E-state index contributed by atoms with van der Waals surface area (Å²) < 4.78 is 62.7. The smallest absolute Gasteiger partial charge is 0.406 e. The van der Waals surface area contributed by atoms with Crippen molar-refractivity contribution in [2.75, 3.05) is 0 Å². The lowest BCUT2D eigenvalue weighted by Crippen LogP contribution is -2.28. The van der Waals surface area contributed by atoms with E-state index in [-0.39, 0.29) is 6.54 Å². The van der Waals surface area contributed by atoms with Crippen LogP contribution >= 0.6 is 0 Å². The zero-order valence-corrected chi connectivity index (χ0v) is 8.80. The van der Waals surface area contributed by atoms with E-state index in [1.807, 2.05) is 5.32 Å². The Balaban J connectivity index is 2.53. The zero-order chi connectivity index (χ0) is 13.8. The van der Waals surface area contributed by atoms with Crippen molar-refractivity contribution in [3.8, 4) is 5.75 Å². The van der Waals surface area contributed by atoms with Gasteiger partial charge in [-0.05, 0) is 17.7 Å². The molecule has 0 saturated carbocycles. The van der Waals surface area contributed by atoms with Crippen LogP contribution in [-0.4, -0.2) is 18.7 Å². The number of alkyl halides is 5. The summed E-state index contributed by atoms with van der Waals surface area (Å²) in [5, 5.41) is 1.91. The molecule has 0 aliphatic carbocycles. The Labute approximate surface area is 98.5 Å². The highest BCUT2D eigenvalue weighted by Crippen LogP contribution is 2.22. The zero-order valence-electron chi connectivity index (χ0n) is 8.80. The first-order valence-corrected chi connectivity index (χ1v) is 4.68. The molecule has 0 fully saturated rings. The van der Waals surface area contributed by atoms with Gasteiger partial charge in [0, 0.05) is 6.54 Å². The average Bonchev–Trinajstić information content (AvgIpc) is 2.25. The predicted octanol–water partition coefficient (Wildman–Crippen LogP) is 2.47. The molecule has 0 atom stereocenters. The molecule has 1 amide bonds. The van der Waals surface area contributed by atoms with Gasteiger partial charge in [0.15, 0.2) is 0 Å². The van der Waals surface area contributed by atoms with Gasteiger partial charge in [0.25, 0.3) is 5.91 Å². The molecule has 0 aliphatic heterocycles. The molecule has 18 heavy (non-hydrogen) atoms. The first-order chi connectivity index (χ1) is 8.28. The van der Waals surface area contributed by atoms with Crippen LogP contribution in [0.1, 0.15) is 5.56 Å². The van der Waals surface area contributed by atoms with Crippen LogP contribution in [0, 0.1) is 0 Å². The topological polar surface area (TPSA) is 38.3 Å². The highest BCUT2D eigenvalue weighted by Gasteiger charge is 2.30. The van der Waals surface area contributed by atoms with Crippen LogP contribution in [0.25, 0.3) is 0 Å². The number of nitrogens with one attached hydrogen (secondary N) is 1. The van der Waals surface area contributed by atoms with E-state index in [0.717, 1.165) is 12.1 Å². The molecular formula is C10H8F5NO2. The van der Waals surface area contributed by atoms with Gasteiger partial charge in [-0.3, -0.25) is 4.79 Å². The maximum absolute atomic E-state index is 11.8. The van der Waals surface area contributed by atoms with E-state index in [9.17, 15) is 26.7 Å². The Hall–Kier alpha value is -1.86. The van der Waals surface area contributed by atoms with Crippen LogP contribution in [0.2, 0.25) is 0 Å². The van der Waals surface area contributed by atoms with Crippen molar-refractivity contribution >= 4 is 5.91 Å². The molecule has 0 unspecified atom stereocenters. The van der Waals surface area contributed by atoms with E-state index in [1.54, 1.807) is 0 Å². The van der Waals surface area contributed by atoms with Gasteiger partial charge in [-0.1, -0.05) is 12.1 Å².